The highest BCUT2D eigenvalue weighted by molar-refractivity contribution is 6.08. The van der Waals surface area contributed by atoms with Crippen LogP contribution in [0.15, 0.2) is 0 Å². The summed E-state index contributed by atoms with van der Waals surface area (Å²) in [4.78, 5) is 35.7. The summed E-state index contributed by atoms with van der Waals surface area (Å²) in [5, 5.41) is 0. The minimum Gasteiger partial charge on any atom is -0.373 e. The van der Waals surface area contributed by atoms with E-state index in [1.165, 1.54) is 0 Å². The van der Waals surface area contributed by atoms with Crippen LogP contribution in [-0.4, -0.2) is 41.4 Å². The van der Waals surface area contributed by atoms with Gasteiger partial charge in [0.15, 0.2) is 0 Å². The Morgan fingerprint density at radius 2 is 1.75 bits per heavy atom. The monoisotopic (exact) mass is 224 g/mol. The number of amides is 3. The van der Waals surface area contributed by atoms with E-state index < -0.39 is 5.91 Å². The summed E-state index contributed by atoms with van der Waals surface area (Å²) in [5.41, 5.74) is 5.02. The highest BCUT2D eigenvalue weighted by atomic mass is 16.5. The molecule has 6 heteroatoms. The molecule has 0 spiro atoms. The highest BCUT2D eigenvalue weighted by Gasteiger charge is 2.62. The fourth-order valence-electron chi connectivity index (χ4n) is 3.09. The second kappa shape index (κ2) is 3.04. The third-order valence-electron chi connectivity index (χ3n) is 3.69. The summed E-state index contributed by atoms with van der Waals surface area (Å²) in [5.74, 6) is -1.98. The van der Waals surface area contributed by atoms with Crippen LogP contribution in [0, 0.1) is 11.8 Å². The maximum Gasteiger partial charge on any atom is 0.237 e. The minimum absolute atomic E-state index is 0.135. The van der Waals surface area contributed by atoms with Gasteiger partial charge in [0.25, 0.3) is 0 Å². The number of hydrogen-bond acceptors (Lipinski definition) is 4. The van der Waals surface area contributed by atoms with Gasteiger partial charge in [-0.25, -0.2) is 0 Å². The molecule has 16 heavy (non-hydrogen) atoms. The SMILES string of the molecule is NC(=O)CN1C(=O)C2C3CCC(O3)C2C1=O. The Balaban J connectivity index is 1.89. The van der Waals surface area contributed by atoms with E-state index in [-0.39, 0.29) is 42.4 Å². The van der Waals surface area contributed by atoms with Gasteiger partial charge in [-0.15, -0.1) is 0 Å². The molecule has 0 aromatic heterocycles. The van der Waals surface area contributed by atoms with Gasteiger partial charge in [0.1, 0.15) is 6.54 Å². The van der Waals surface area contributed by atoms with E-state index in [4.69, 9.17) is 10.5 Å². The third kappa shape index (κ3) is 1.07. The number of fused-ring (bicyclic) bond motifs is 5. The molecule has 3 fully saturated rings. The molecular formula is C10H12N2O4. The molecule has 0 aromatic carbocycles. The smallest absolute Gasteiger partial charge is 0.237 e. The number of hydrogen-bond donors (Lipinski definition) is 1. The molecule has 0 aromatic rings. The summed E-state index contributed by atoms with van der Waals surface area (Å²) >= 11 is 0. The first kappa shape index (κ1) is 9.77. The number of rotatable bonds is 2. The van der Waals surface area contributed by atoms with Gasteiger partial charge in [0.05, 0.1) is 24.0 Å². The first-order valence-corrected chi connectivity index (χ1v) is 5.38. The van der Waals surface area contributed by atoms with Crippen molar-refractivity contribution < 1.29 is 19.1 Å². The molecule has 3 saturated heterocycles. The lowest BCUT2D eigenvalue weighted by atomic mass is 9.81. The molecular weight excluding hydrogens is 212 g/mol. The van der Waals surface area contributed by atoms with Crippen molar-refractivity contribution in [3.63, 3.8) is 0 Å². The third-order valence-corrected chi connectivity index (χ3v) is 3.69. The summed E-state index contributed by atoms with van der Waals surface area (Å²) < 4.78 is 5.55. The Labute approximate surface area is 91.7 Å². The molecule has 3 heterocycles. The van der Waals surface area contributed by atoms with Crippen LogP contribution < -0.4 is 5.73 Å². The maximum absolute atomic E-state index is 11.9. The quantitative estimate of drug-likeness (QED) is 0.586. The van der Waals surface area contributed by atoms with E-state index in [2.05, 4.69) is 0 Å². The van der Waals surface area contributed by atoms with Crippen LogP contribution >= 0.6 is 0 Å². The lowest BCUT2D eigenvalue weighted by Crippen LogP contribution is -2.40. The van der Waals surface area contributed by atoms with Crippen molar-refractivity contribution in [2.24, 2.45) is 17.6 Å². The van der Waals surface area contributed by atoms with Crippen molar-refractivity contribution in [3.05, 3.63) is 0 Å². The molecule has 2 bridgehead atoms. The van der Waals surface area contributed by atoms with Gasteiger partial charge in [0.2, 0.25) is 17.7 Å². The van der Waals surface area contributed by atoms with Crippen molar-refractivity contribution in [1.82, 2.24) is 4.90 Å². The van der Waals surface area contributed by atoms with Gasteiger partial charge in [-0.1, -0.05) is 0 Å². The Hall–Kier alpha value is -1.43. The highest BCUT2D eigenvalue weighted by Crippen LogP contribution is 2.48. The number of carbonyl (C=O) groups excluding carboxylic acids is 3. The average molecular weight is 224 g/mol. The zero-order valence-corrected chi connectivity index (χ0v) is 8.59. The molecule has 0 radical (unpaired) electrons. The second-order valence-corrected chi connectivity index (χ2v) is 4.57. The molecule has 4 unspecified atom stereocenters. The molecule has 2 N–H and O–H groups in total. The predicted molar refractivity (Wildman–Crippen MR) is 50.8 cm³/mol. The minimum atomic E-state index is -0.657. The van der Waals surface area contributed by atoms with Crippen LogP contribution in [0.4, 0.5) is 0 Å². The number of imide groups is 1. The molecule has 4 atom stereocenters. The summed E-state index contributed by atoms with van der Waals surface area (Å²) in [7, 11) is 0. The summed E-state index contributed by atoms with van der Waals surface area (Å²) in [6, 6.07) is 0. The first-order valence-electron chi connectivity index (χ1n) is 5.38. The van der Waals surface area contributed by atoms with E-state index >= 15 is 0 Å². The zero-order valence-electron chi connectivity index (χ0n) is 8.59. The first-order chi connectivity index (χ1) is 7.59. The van der Waals surface area contributed by atoms with E-state index in [9.17, 15) is 14.4 Å². The van der Waals surface area contributed by atoms with E-state index in [1.807, 2.05) is 0 Å². The normalized spacial score (nSPS) is 40.6. The molecule has 86 valence electrons. The van der Waals surface area contributed by atoms with Crippen molar-refractivity contribution in [2.45, 2.75) is 25.0 Å². The Kier molecular flexibility index (Phi) is 1.85. The lowest BCUT2D eigenvalue weighted by molar-refractivity contribution is -0.145. The largest absolute Gasteiger partial charge is 0.373 e. The van der Waals surface area contributed by atoms with Crippen molar-refractivity contribution in [2.75, 3.05) is 6.54 Å². The fraction of sp³-hybridized carbons (Fsp3) is 0.700. The molecule has 3 aliphatic rings. The van der Waals surface area contributed by atoms with Crippen LogP contribution in [0.5, 0.6) is 0 Å². The maximum atomic E-state index is 11.9. The molecule has 6 nitrogen and oxygen atoms in total. The number of likely N-dealkylation sites (tertiary alicyclic amines) is 1. The van der Waals surface area contributed by atoms with E-state index in [1.54, 1.807) is 0 Å². The number of primary amides is 1. The van der Waals surface area contributed by atoms with Gasteiger partial charge < -0.3 is 10.5 Å². The number of ether oxygens (including phenoxy) is 1. The Morgan fingerprint density at radius 1 is 1.25 bits per heavy atom. The van der Waals surface area contributed by atoms with Gasteiger partial charge in [-0.2, -0.15) is 0 Å². The predicted octanol–water partition coefficient (Wildman–Crippen LogP) is -1.37. The number of nitrogens with zero attached hydrogens (tertiary/aromatic N) is 1. The van der Waals surface area contributed by atoms with Crippen LogP contribution in [0.2, 0.25) is 0 Å². The topological polar surface area (TPSA) is 89.7 Å². The summed E-state index contributed by atoms with van der Waals surface area (Å²) in [6.07, 6.45) is 1.39. The van der Waals surface area contributed by atoms with Gasteiger partial charge >= 0.3 is 0 Å². The van der Waals surface area contributed by atoms with Crippen LogP contribution in [0.3, 0.4) is 0 Å². The lowest BCUT2D eigenvalue weighted by Gasteiger charge is -2.15. The zero-order chi connectivity index (χ0) is 11.4. The van der Waals surface area contributed by atoms with Crippen molar-refractivity contribution >= 4 is 17.7 Å². The average Bonchev–Trinajstić information content (AvgIpc) is 2.87. The van der Waals surface area contributed by atoms with Crippen LogP contribution in [0.25, 0.3) is 0 Å². The van der Waals surface area contributed by atoms with Crippen LogP contribution in [0.1, 0.15) is 12.8 Å². The van der Waals surface area contributed by atoms with Crippen molar-refractivity contribution in [3.8, 4) is 0 Å². The molecule has 0 saturated carbocycles. The number of nitrogens with two attached hydrogens (primary N) is 1. The fourth-order valence-corrected chi connectivity index (χ4v) is 3.09. The standard InChI is InChI=1S/C10H12N2O4/c11-6(13)3-12-9(14)7-4-1-2-5(16-4)8(7)10(12)15/h4-5,7-8H,1-3H2,(H2,11,13). The van der Waals surface area contributed by atoms with E-state index in [0.717, 1.165) is 17.7 Å². The van der Waals surface area contributed by atoms with E-state index in [0.29, 0.717) is 0 Å². The molecule has 3 aliphatic heterocycles. The summed E-state index contributed by atoms with van der Waals surface area (Å²) in [6.45, 7) is -0.301. The van der Waals surface area contributed by atoms with Gasteiger partial charge in [-0.05, 0) is 12.8 Å². The second-order valence-electron chi connectivity index (χ2n) is 4.57. The van der Waals surface area contributed by atoms with Gasteiger partial charge in [-0.3, -0.25) is 19.3 Å². The molecule has 3 amide bonds. The molecule has 0 aliphatic carbocycles. The van der Waals surface area contributed by atoms with Gasteiger partial charge in [0, 0.05) is 0 Å². The van der Waals surface area contributed by atoms with Crippen LogP contribution in [-0.2, 0) is 19.1 Å². The number of carbonyl (C=O) groups is 3. The van der Waals surface area contributed by atoms with Crippen molar-refractivity contribution in [1.29, 1.82) is 0 Å². The molecule has 3 rings (SSSR count). The Morgan fingerprint density at radius 3 is 2.19 bits per heavy atom. The Bertz CT molecular complexity index is 366.